The van der Waals surface area contributed by atoms with Crippen molar-refractivity contribution < 1.29 is 5.11 Å². The lowest BCUT2D eigenvalue weighted by Gasteiger charge is -1.98. The fraction of sp³-hybridized carbons (Fsp3) is 0.0714. The SMILES string of the molecule is CSc1nc2nsc(N=Nc3ccc(O)c(Cl)c3)c2cc1C#N. The number of nitriles is 1. The lowest BCUT2D eigenvalue weighted by Crippen LogP contribution is -1.86. The molecule has 0 bridgehead atoms. The highest BCUT2D eigenvalue weighted by molar-refractivity contribution is 7.98. The third kappa shape index (κ3) is 3.12. The van der Waals surface area contributed by atoms with E-state index < -0.39 is 0 Å². The third-order valence-electron chi connectivity index (χ3n) is 2.92. The van der Waals surface area contributed by atoms with Gasteiger partial charge in [-0.2, -0.15) is 9.64 Å². The Hall–Kier alpha value is -2.21. The monoisotopic (exact) mass is 361 g/mol. The average molecular weight is 362 g/mol. The summed E-state index contributed by atoms with van der Waals surface area (Å²) >= 11 is 8.38. The van der Waals surface area contributed by atoms with E-state index in [1.165, 1.54) is 23.9 Å². The molecule has 0 saturated heterocycles. The zero-order valence-corrected chi connectivity index (χ0v) is 14.1. The molecule has 0 radical (unpaired) electrons. The predicted molar refractivity (Wildman–Crippen MR) is 91.2 cm³/mol. The van der Waals surface area contributed by atoms with E-state index in [2.05, 4.69) is 25.7 Å². The molecule has 1 aromatic carbocycles. The number of halogens is 1. The van der Waals surface area contributed by atoms with Crippen molar-refractivity contribution in [3.05, 3.63) is 34.9 Å². The Balaban J connectivity index is 2.01. The topological polar surface area (TPSA) is 94.5 Å². The lowest BCUT2D eigenvalue weighted by atomic mass is 10.2. The normalized spacial score (nSPS) is 11.2. The molecule has 0 aliphatic heterocycles. The van der Waals surface area contributed by atoms with E-state index in [0.717, 1.165) is 11.5 Å². The number of nitrogens with zero attached hydrogens (tertiary/aromatic N) is 5. The van der Waals surface area contributed by atoms with Crippen LogP contribution in [0.4, 0.5) is 10.7 Å². The Kier molecular flexibility index (Phi) is 4.43. The van der Waals surface area contributed by atoms with E-state index in [9.17, 15) is 10.4 Å². The highest BCUT2D eigenvalue weighted by Gasteiger charge is 2.12. The summed E-state index contributed by atoms with van der Waals surface area (Å²) in [4.78, 5) is 4.35. The van der Waals surface area contributed by atoms with Gasteiger partial charge in [-0.05, 0) is 42.1 Å². The number of rotatable bonds is 3. The summed E-state index contributed by atoms with van der Waals surface area (Å²) in [7, 11) is 0. The summed E-state index contributed by atoms with van der Waals surface area (Å²) in [5.74, 6) is -0.0127. The molecule has 0 unspecified atom stereocenters. The van der Waals surface area contributed by atoms with E-state index in [-0.39, 0.29) is 10.8 Å². The molecule has 23 heavy (non-hydrogen) atoms. The van der Waals surface area contributed by atoms with E-state index in [4.69, 9.17) is 11.6 Å². The first-order valence-corrected chi connectivity index (χ1v) is 8.64. The van der Waals surface area contributed by atoms with Crippen molar-refractivity contribution in [2.24, 2.45) is 10.2 Å². The molecule has 6 nitrogen and oxygen atoms in total. The Morgan fingerprint density at radius 3 is 2.87 bits per heavy atom. The maximum absolute atomic E-state index is 9.39. The number of hydrogen-bond acceptors (Lipinski definition) is 8. The van der Waals surface area contributed by atoms with Crippen LogP contribution in [0.5, 0.6) is 5.75 Å². The number of pyridine rings is 1. The molecule has 2 heterocycles. The summed E-state index contributed by atoms with van der Waals surface area (Å²) in [6.45, 7) is 0. The molecule has 0 fully saturated rings. The van der Waals surface area contributed by atoms with E-state index in [0.29, 0.717) is 32.3 Å². The minimum Gasteiger partial charge on any atom is -0.506 e. The molecule has 0 amide bonds. The average Bonchev–Trinajstić information content (AvgIpc) is 2.96. The molecule has 0 aliphatic rings. The van der Waals surface area contributed by atoms with Crippen LogP contribution in [0, 0.1) is 11.3 Å². The number of thioether (sulfide) groups is 1. The first-order chi connectivity index (χ1) is 11.1. The molecule has 9 heteroatoms. The highest BCUT2D eigenvalue weighted by atomic mass is 35.5. The standard InChI is InChI=1S/C14H8ClN5OS2/c1-22-13-7(6-16)4-9-12(17-13)20-23-14(9)19-18-8-2-3-11(21)10(15)5-8/h2-5,21H,1H3. The van der Waals surface area contributed by atoms with Crippen LogP contribution < -0.4 is 0 Å². The summed E-state index contributed by atoms with van der Waals surface area (Å²) in [6.07, 6.45) is 1.86. The van der Waals surface area contributed by atoms with Crippen LogP contribution in [0.3, 0.4) is 0 Å². The summed E-state index contributed by atoms with van der Waals surface area (Å²) in [5, 5.41) is 28.9. The molecule has 0 atom stereocenters. The molecule has 114 valence electrons. The van der Waals surface area contributed by atoms with Gasteiger partial charge in [0.15, 0.2) is 10.6 Å². The zero-order valence-electron chi connectivity index (χ0n) is 11.7. The molecule has 3 rings (SSSR count). The highest BCUT2D eigenvalue weighted by Crippen LogP contribution is 2.34. The number of azo groups is 1. The van der Waals surface area contributed by atoms with Crippen LogP contribution in [0.25, 0.3) is 11.0 Å². The number of hydrogen-bond donors (Lipinski definition) is 1. The van der Waals surface area contributed by atoms with Crippen molar-refractivity contribution in [1.29, 1.82) is 5.26 Å². The minimum atomic E-state index is -0.0127. The van der Waals surface area contributed by atoms with Gasteiger partial charge in [0, 0.05) is 0 Å². The predicted octanol–water partition coefficient (Wildman–Crippen LogP) is 5.06. The van der Waals surface area contributed by atoms with Crippen LogP contribution in [-0.2, 0) is 0 Å². The van der Waals surface area contributed by atoms with Crippen molar-refractivity contribution >= 4 is 56.6 Å². The number of aromatic nitrogens is 2. The largest absolute Gasteiger partial charge is 0.506 e. The molecule has 0 saturated carbocycles. The van der Waals surface area contributed by atoms with Gasteiger partial charge in [-0.15, -0.1) is 22.0 Å². The smallest absolute Gasteiger partial charge is 0.176 e. The second-order valence-corrected chi connectivity index (χ2v) is 6.31. The van der Waals surface area contributed by atoms with Gasteiger partial charge in [-0.1, -0.05) is 11.6 Å². The van der Waals surface area contributed by atoms with Crippen molar-refractivity contribution in [3.63, 3.8) is 0 Å². The van der Waals surface area contributed by atoms with Gasteiger partial charge in [0.2, 0.25) is 0 Å². The van der Waals surface area contributed by atoms with E-state index >= 15 is 0 Å². The van der Waals surface area contributed by atoms with Gasteiger partial charge in [0.25, 0.3) is 0 Å². The number of phenols is 1. The number of phenolic OH excluding ortho intramolecular Hbond substituents is 1. The maximum atomic E-state index is 9.39. The van der Waals surface area contributed by atoms with E-state index in [1.807, 2.05) is 6.26 Å². The lowest BCUT2D eigenvalue weighted by molar-refractivity contribution is 0.475. The maximum Gasteiger partial charge on any atom is 0.176 e. The van der Waals surface area contributed by atoms with E-state index in [1.54, 1.807) is 12.1 Å². The minimum absolute atomic E-state index is 0.0127. The Morgan fingerprint density at radius 1 is 1.35 bits per heavy atom. The number of aromatic hydroxyl groups is 1. The summed E-state index contributed by atoms with van der Waals surface area (Å²) in [6, 6.07) is 8.39. The second-order valence-electron chi connectivity index (χ2n) is 4.35. The first kappa shape index (κ1) is 15.7. The molecule has 1 N–H and O–H groups in total. The molecule has 0 aliphatic carbocycles. The van der Waals surface area contributed by atoms with Crippen molar-refractivity contribution in [3.8, 4) is 11.8 Å². The molecular weight excluding hydrogens is 354 g/mol. The third-order valence-corrected chi connectivity index (χ3v) is 4.66. The Labute approximate surface area is 144 Å². The van der Waals surface area contributed by atoms with Gasteiger partial charge in [-0.3, -0.25) is 0 Å². The van der Waals surface area contributed by atoms with Crippen molar-refractivity contribution in [2.75, 3.05) is 6.26 Å². The van der Waals surface area contributed by atoms with Crippen LogP contribution in [-0.4, -0.2) is 20.7 Å². The fourth-order valence-corrected chi connectivity index (χ4v) is 3.13. The first-order valence-electron chi connectivity index (χ1n) is 6.27. The Bertz CT molecular complexity index is 964. The second kappa shape index (κ2) is 6.50. The zero-order chi connectivity index (χ0) is 16.4. The summed E-state index contributed by atoms with van der Waals surface area (Å²) < 4.78 is 4.23. The van der Waals surface area contributed by atoms with Gasteiger partial charge in [0.1, 0.15) is 16.8 Å². The van der Waals surface area contributed by atoms with Gasteiger partial charge in [0.05, 0.1) is 21.7 Å². The van der Waals surface area contributed by atoms with Crippen LogP contribution in [0.15, 0.2) is 39.5 Å². The van der Waals surface area contributed by atoms with Gasteiger partial charge in [-0.25, -0.2) is 4.98 Å². The van der Waals surface area contributed by atoms with Gasteiger partial charge < -0.3 is 5.11 Å². The summed E-state index contributed by atoms with van der Waals surface area (Å²) in [5.41, 5.74) is 1.52. The van der Waals surface area contributed by atoms with Crippen LogP contribution in [0.1, 0.15) is 5.56 Å². The van der Waals surface area contributed by atoms with Gasteiger partial charge >= 0.3 is 0 Å². The quantitative estimate of drug-likeness (QED) is 0.519. The number of benzene rings is 1. The molecule has 3 aromatic rings. The Morgan fingerprint density at radius 2 is 2.17 bits per heavy atom. The molecule has 2 aromatic heterocycles. The van der Waals surface area contributed by atoms with Crippen molar-refractivity contribution in [1.82, 2.24) is 9.36 Å². The molecule has 0 spiro atoms. The van der Waals surface area contributed by atoms with Crippen LogP contribution >= 0.6 is 34.9 Å². The fourth-order valence-electron chi connectivity index (χ4n) is 1.82. The molecular formula is C14H8ClN5OS2. The van der Waals surface area contributed by atoms with Crippen molar-refractivity contribution in [2.45, 2.75) is 5.03 Å². The number of fused-ring (bicyclic) bond motifs is 1. The van der Waals surface area contributed by atoms with Crippen LogP contribution in [0.2, 0.25) is 5.02 Å².